The largest absolute Gasteiger partial charge is 0.478 e. The number of rotatable bonds is 4. The van der Waals surface area contributed by atoms with Crippen molar-refractivity contribution >= 4 is 17.3 Å². The van der Waals surface area contributed by atoms with Crippen LogP contribution in [0.3, 0.4) is 0 Å². The summed E-state index contributed by atoms with van der Waals surface area (Å²) in [5.41, 5.74) is 4.12. The molecule has 0 aromatic heterocycles. The Labute approximate surface area is 144 Å². The summed E-state index contributed by atoms with van der Waals surface area (Å²) < 4.78 is 0. The third-order valence-electron chi connectivity index (χ3n) is 3.61. The third-order valence-corrected chi connectivity index (χ3v) is 3.61. The van der Waals surface area contributed by atoms with Crippen LogP contribution >= 0.6 is 0 Å². The SMILES string of the molecule is N#Cc1ccc(N=Nc2ccc(-c3ccc(C(=O)O)cc3)cc2)cc1. The predicted molar refractivity (Wildman–Crippen MR) is 94.2 cm³/mol. The summed E-state index contributed by atoms with van der Waals surface area (Å²) in [6.07, 6.45) is 0. The zero-order chi connectivity index (χ0) is 17.6. The van der Waals surface area contributed by atoms with Crippen molar-refractivity contribution in [3.8, 4) is 17.2 Å². The minimum atomic E-state index is -0.940. The molecule has 0 amide bonds. The number of azo groups is 1. The number of hydrogen-bond donors (Lipinski definition) is 1. The molecule has 25 heavy (non-hydrogen) atoms. The summed E-state index contributed by atoms with van der Waals surface area (Å²) in [4.78, 5) is 10.9. The maximum atomic E-state index is 10.9. The van der Waals surface area contributed by atoms with E-state index < -0.39 is 5.97 Å². The second-order valence-corrected chi connectivity index (χ2v) is 5.29. The molecule has 5 nitrogen and oxygen atoms in total. The molecular formula is C20H13N3O2. The smallest absolute Gasteiger partial charge is 0.335 e. The van der Waals surface area contributed by atoms with Crippen LogP contribution in [0.1, 0.15) is 15.9 Å². The molecule has 0 radical (unpaired) electrons. The molecule has 0 spiro atoms. The molecule has 0 bridgehead atoms. The lowest BCUT2D eigenvalue weighted by atomic mass is 10.0. The van der Waals surface area contributed by atoms with Gasteiger partial charge in [-0.1, -0.05) is 24.3 Å². The Kier molecular flexibility index (Phi) is 4.63. The van der Waals surface area contributed by atoms with Crippen LogP contribution in [0.4, 0.5) is 11.4 Å². The molecular weight excluding hydrogens is 314 g/mol. The fraction of sp³-hybridized carbons (Fsp3) is 0. The Hall–Kier alpha value is -3.78. The lowest BCUT2D eigenvalue weighted by molar-refractivity contribution is 0.0697. The number of carbonyl (C=O) groups is 1. The van der Waals surface area contributed by atoms with Crippen molar-refractivity contribution in [1.82, 2.24) is 0 Å². The summed E-state index contributed by atoms with van der Waals surface area (Å²) in [6.45, 7) is 0. The van der Waals surface area contributed by atoms with Crippen LogP contribution in [0.5, 0.6) is 0 Å². The van der Waals surface area contributed by atoms with Crippen LogP contribution in [0.25, 0.3) is 11.1 Å². The molecule has 0 aliphatic heterocycles. The van der Waals surface area contributed by atoms with E-state index in [4.69, 9.17) is 10.4 Å². The Bertz CT molecular complexity index is 952. The van der Waals surface area contributed by atoms with Gasteiger partial charge in [0.15, 0.2) is 0 Å². The van der Waals surface area contributed by atoms with E-state index in [-0.39, 0.29) is 5.56 Å². The van der Waals surface area contributed by atoms with Gasteiger partial charge >= 0.3 is 5.97 Å². The minimum absolute atomic E-state index is 0.261. The average Bonchev–Trinajstić information content (AvgIpc) is 2.67. The summed E-state index contributed by atoms with van der Waals surface area (Å²) >= 11 is 0. The monoisotopic (exact) mass is 327 g/mol. The summed E-state index contributed by atoms with van der Waals surface area (Å²) in [5.74, 6) is -0.940. The van der Waals surface area contributed by atoms with Gasteiger partial charge in [0.1, 0.15) is 0 Å². The van der Waals surface area contributed by atoms with Crippen LogP contribution in [-0.4, -0.2) is 11.1 Å². The fourth-order valence-corrected chi connectivity index (χ4v) is 2.24. The molecule has 0 saturated carbocycles. The molecule has 3 aromatic carbocycles. The van der Waals surface area contributed by atoms with Crippen LogP contribution < -0.4 is 0 Å². The van der Waals surface area contributed by atoms with Gasteiger partial charge in [-0.3, -0.25) is 0 Å². The molecule has 3 aromatic rings. The molecule has 0 fully saturated rings. The zero-order valence-corrected chi connectivity index (χ0v) is 13.1. The maximum Gasteiger partial charge on any atom is 0.335 e. The molecule has 120 valence electrons. The molecule has 3 rings (SSSR count). The Balaban J connectivity index is 1.74. The Morgan fingerprint density at radius 3 is 1.64 bits per heavy atom. The predicted octanol–water partition coefficient (Wildman–Crippen LogP) is 5.34. The van der Waals surface area contributed by atoms with E-state index in [0.29, 0.717) is 16.9 Å². The molecule has 5 heteroatoms. The first-order chi connectivity index (χ1) is 12.2. The third kappa shape index (κ3) is 3.95. The molecule has 0 atom stereocenters. The Morgan fingerprint density at radius 2 is 1.20 bits per heavy atom. The first-order valence-corrected chi connectivity index (χ1v) is 7.51. The van der Waals surface area contributed by atoms with Gasteiger partial charge in [0.2, 0.25) is 0 Å². The molecule has 1 N–H and O–H groups in total. The first kappa shape index (κ1) is 16.1. The van der Waals surface area contributed by atoms with E-state index in [2.05, 4.69) is 16.3 Å². The maximum absolute atomic E-state index is 10.9. The number of carboxylic acid groups (broad SMARTS) is 1. The van der Waals surface area contributed by atoms with Crippen LogP contribution in [-0.2, 0) is 0 Å². The second-order valence-electron chi connectivity index (χ2n) is 5.29. The normalized spacial score (nSPS) is 10.5. The van der Waals surface area contributed by atoms with Crippen molar-refractivity contribution < 1.29 is 9.90 Å². The van der Waals surface area contributed by atoms with Gasteiger partial charge in [-0.2, -0.15) is 15.5 Å². The topological polar surface area (TPSA) is 85.8 Å². The number of nitriles is 1. The molecule has 0 aliphatic rings. The van der Waals surface area contributed by atoms with Crippen LogP contribution in [0, 0.1) is 11.3 Å². The standard InChI is InChI=1S/C20H13N3O2/c21-13-14-1-9-18(10-2-14)22-23-19-11-7-16(8-12-19)15-3-5-17(6-4-15)20(24)25/h1-12H,(H,24,25). The van der Waals surface area contributed by atoms with E-state index in [1.165, 1.54) is 0 Å². The van der Waals surface area contributed by atoms with Gasteiger partial charge in [0.25, 0.3) is 0 Å². The lowest BCUT2D eigenvalue weighted by Gasteiger charge is -2.02. The highest BCUT2D eigenvalue weighted by Gasteiger charge is 2.03. The van der Waals surface area contributed by atoms with Crippen LogP contribution in [0.2, 0.25) is 0 Å². The second kappa shape index (κ2) is 7.20. The Morgan fingerprint density at radius 1 is 0.760 bits per heavy atom. The number of benzene rings is 3. The van der Waals surface area contributed by atoms with Gasteiger partial charge in [0, 0.05) is 0 Å². The van der Waals surface area contributed by atoms with Gasteiger partial charge in [-0.25, -0.2) is 4.79 Å². The lowest BCUT2D eigenvalue weighted by Crippen LogP contribution is -1.94. The van der Waals surface area contributed by atoms with E-state index in [1.807, 2.05) is 24.3 Å². The van der Waals surface area contributed by atoms with Crippen molar-refractivity contribution in [2.75, 3.05) is 0 Å². The van der Waals surface area contributed by atoms with Crippen molar-refractivity contribution in [2.45, 2.75) is 0 Å². The number of aromatic carboxylic acids is 1. The summed E-state index contributed by atoms with van der Waals surface area (Å²) in [6, 6.07) is 23.1. The van der Waals surface area contributed by atoms with Crippen molar-refractivity contribution in [3.63, 3.8) is 0 Å². The van der Waals surface area contributed by atoms with E-state index in [1.54, 1.807) is 48.5 Å². The first-order valence-electron chi connectivity index (χ1n) is 7.51. The number of carboxylic acids is 1. The van der Waals surface area contributed by atoms with Crippen LogP contribution in [0.15, 0.2) is 83.0 Å². The quantitative estimate of drug-likeness (QED) is 0.656. The zero-order valence-electron chi connectivity index (χ0n) is 13.1. The van der Waals surface area contributed by atoms with Gasteiger partial charge in [0.05, 0.1) is 28.6 Å². The number of nitrogens with zero attached hydrogens (tertiary/aromatic N) is 3. The highest BCUT2D eigenvalue weighted by molar-refractivity contribution is 5.88. The molecule has 0 saturated heterocycles. The van der Waals surface area contributed by atoms with Gasteiger partial charge in [-0.15, -0.1) is 0 Å². The van der Waals surface area contributed by atoms with Gasteiger partial charge in [-0.05, 0) is 59.7 Å². The fourth-order valence-electron chi connectivity index (χ4n) is 2.24. The van der Waals surface area contributed by atoms with E-state index >= 15 is 0 Å². The summed E-state index contributed by atoms with van der Waals surface area (Å²) in [7, 11) is 0. The van der Waals surface area contributed by atoms with Crippen molar-refractivity contribution in [2.24, 2.45) is 10.2 Å². The van der Waals surface area contributed by atoms with Gasteiger partial charge < -0.3 is 5.11 Å². The highest BCUT2D eigenvalue weighted by atomic mass is 16.4. The number of hydrogen-bond acceptors (Lipinski definition) is 4. The molecule has 0 aliphatic carbocycles. The van der Waals surface area contributed by atoms with Crippen molar-refractivity contribution in [3.05, 3.63) is 83.9 Å². The molecule has 0 heterocycles. The van der Waals surface area contributed by atoms with E-state index in [9.17, 15) is 4.79 Å². The summed E-state index contributed by atoms with van der Waals surface area (Å²) in [5, 5.41) is 26.0. The average molecular weight is 327 g/mol. The van der Waals surface area contributed by atoms with Crippen molar-refractivity contribution in [1.29, 1.82) is 5.26 Å². The molecule has 0 unspecified atom stereocenters. The highest BCUT2D eigenvalue weighted by Crippen LogP contribution is 2.24. The minimum Gasteiger partial charge on any atom is -0.478 e. The van der Waals surface area contributed by atoms with E-state index in [0.717, 1.165) is 11.1 Å².